The van der Waals surface area contributed by atoms with Gasteiger partial charge in [-0.3, -0.25) is 0 Å². The van der Waals surface area contributed by atoms with E-state index in [1.54, 1.807) is 13.3 Å². The predicted octanol–water partition coefficient (Wildman–Crippen LogP) is 3.29. The Morgan fingerprint density at radius 1 is 1.03 bits per heavy atom. The molecule has 1 aliphatic rings. The minimum atomic E-state index is 0.548. The van der Waals surface area contributed by atoms with Crippen LogP contribution in [-0.4, -0.2) is 59.8 Å². The molecule has 0 atom stereocenters. The van der Waals surface area contributed by atoms with Gasteiger partial charge in [-0.25, -0.2) is 9.97 Å². The summed E-state index contributed by atoms with van der Waals surface area (Å²) in [6, 6.07) is 10.3. The molecular weight excluding hydrogens is 364 g/mol. The fraction of sp³-hybridized carbons (Fsp3) is 0.364. The van der Waals surface area contributed by atoms with E-state index in [0.717, 1.165) is 49.0 Å². The molecule has 0 amide bonds. The first-order valence-corrected chi connectivity index (χ1v) is 9.88. The molecule has 1 aliphatic heterocycles. The van der Waals surface area contributed by atoms with Crippen LogP contribution in [0.1, 0.15) is 5.56 Å². The lowest BCUT2D eigenvalue weighted by atomic mass is 10.2. The third-order valence-electron chi connectivity index (χ3n) is 5.36. The Hall–Kier alpha value is -3.06. The third-order valence-corrected chi connectivity index (χ3v) is 5.36. The molecule has 0 aliphatic carbocycles. The Morgan fingerprint density at radius 3 is 2.52 bits per heavy atom. The van der Waals surface area contributed by atoms with Gasteiger partial charge in [-0.2, -0.15) is 0 Å². The Kier molecular flexibility index (Phi) is 5.40. The molecule has 7 nitrogen and oxygen atoms in total. The molecule has 1 N–H and O–H groups in total. The van der Waals surface area contributed by atoms with Crippen LogP contribution < -0.4 is 15.0 Å². The van der Waals surface area contributed by atoms with Crippen molar-refractivity contribution in [2.75, 3.05) is 50.6 Å². The minimum absolute atomic E-state index is 0.548. The van der Waals surface area contributed by atoms with E-state index in [-0.39, 0.29) is 0 Å². The first-order chi connectivity index (χ1) is 14.0. The molecule has 3 aromatic rings. The molecule has 3 heterocycles. The van der Waals surface area contributed by atoms with Gasteiger partial charge >= 0.3 is 0 Å². The van der Waals surface area contributed by atoms with Crippen molar-refractivity contribution >= 4 is 17.3 Å². The van der Waals surface area contributed by atoms with Crippen molar-refractivity contribution in [2.45, 2.75) is 6.92 Å². The summed E-state index contributed by atoms with van der Waals surface area (Å²) in [7, 11) is 5.88. The van der Waals surface area contributed by atoms with Crippen molar-refractivity contribution in [3.05, 3.63) is 48.3 Å². The van der Waals surface area contributed by atoms with E-state index in [1.165, 1.54) is 11.3 Å². The summed E-state index contributed by atoms with van der Waals surface area (Å²) in [5, 5.41) is 3.31. The van der Waals surface area contributed by atoms with Gasteiger partial charge in [0.25, 0.3) is 0 Å². The van der Waals surface area contributed by atoms with Crippen molar-refractivity contribution in [3.8, 4) is 17.1 Å². The zero-order valence-corrected chi connectivity index (χ0v) is 17.5. The standard InChI is InChI=1S/C22H28N6O/c1-16-13-20(27(3)15-16)18-7-8-23-22(24-18)25-19-6-5-17(14-21(19)29-4)28-11-9-26(2)10-12-28/h5-8,13-15H,9-12H2,1-4H3,(H,23,24,25). The maximum atomic E-state index is 5.65. The maximum absolute atomic E-state index is 5.65. The number of hydrogen-bond donors (Lipinski definition) is 1. The number of nitrogens with zero attached hydrogens (tertiary/aromatic N) is 5. The normalized spacial score (nSPS) is 14.8. The van der Waals surface area contributed by atoms with Crippen molar-refractivity contribution in [2.24, 2.45) is 7.05 Å². The second-order valence-electron chi connectivity index (χ2n) is 7.58. The molecule has 1 saturated heterocycles. The number of nitrogens with one attached hydrogen (secondary N) is 1. The van der Waals surface area contributed by atoms with Gasteiger partial charge in [0.1, 0.15) is 5.75 Å². The Bertz CT molecular complexity index is 991. The molecule has 7 heteroatoms. The molecule has 0 unspecified atom stereocenters. The highest BCUT2D eigenvalue weighted by atomic mass is 16.5. The van der Waals surface area contributed by atoms with E-state index in [9.17, 15) is 0 Å². The number of hydrogen-bond acceptors (Lipinski definition) is 6. The first-order valence-electron chi connectivity index (χ1n) is 9.88. The third kappa shape index (κ3) is 4.19. The molecular formula is C22H28N6O. The van der Waals surface area contributed by atoms with Crippen LogP contribution in [-0.2, 0) is 7.05 Å². The summed E-state index contributed by atoms with van der Waals surface area (Å²) in [6.07, 6.45) is 3.86. The van der Waals surface area contributed by atoms with E-state index >= 15 is 0 Å². The lowest BCUT2D eigenvalue weighted by Crippen LogP contribution is -2.44. The van der Waals surface area contributed by atoms with Crippen LogP contribution in [0.15, 0.2) is 42.7 Å². The number of benzene rings is 1. The fourth-order valence-corrected chi connectivity index (χ4v) is 3.71. The van der Waals surface area contributed by atoms with Gasteiger partial charge in [0.2, 0.25) is 5.95 Å². The Labute approximate surface area is 172 Å². The van der Waals surface area contributed by atoms with Crippen LogP contribution in [0.4, 0.5) is 17.3 Å². The average Bonchev–Trinajstić information content (AvgIpc) is 3.07. The smallest absolute Gasteiger partial charge is 0.227 e. The number of piperazine rings is 1. The molecule has 1 fully saturated rings. The first kappa shape index (κ1) is 19.3. The maximum Gasteiger partial charge on any atom is 0.227 e. The summed E-state index contributed by atoms with van der Waals surface area (Å²) in [5.41, 5.74) is 5.17. The second-order valence-corrected chi connectivity index (χ2v) is 7.58. The zero-order chi connectivity index (χ0) is 20.4. The van der Waals surface area contributed by atoms with Crippen molar-refractivity contribution < 1.29 is 4.74 Å². The van der Waals surface area contributed by atoms with Crippen LogP contribution in [0.3, 0.4) is 0 Å². The topological polar surface area (TPSA) is 58.5 Å². The largest absolute Gasteiger partial charge is 0.494 e. The molecule has 4 rings (SSSR count). The number of aryl methyl sites for hydroxylation is 2. The summed E-state index contributed by atoms with van der Waals surface area (Å²) in [4.78, 5) is 13.8. The zero-order valence-electron chi connectivity index (χ0n) is 17.5. The van der Waals surface area contributed by atoms with Gasteiger partial charge < -0.3 is 24.4 Å². The highest BCUT2D eigenvalue weighted by Gasteiger charge is 2.16. The number of likely N-dealkylation sites (N-methyl/N-ethyl adjacent to an activating group) is 1. The monoisotopic (exact) mass is 392 g/mol. The second kappa shape index (κ2) is 8.13. The van der Waals surface area contributed by atoms with Gasteiger partial charge in [0.05, 0.1) is 24.2 Å². The lowest BCUT2D eigenvalue weighted by Gasteiger charge is -2.34. The summed E-state index contributed by atoms with van der Waals surface area (Å²) in [5.74, 6) is 1.33. The van der Waals surface area contributed by atoms with E-state index in [2.05, 4.69) is 63.0 Å². The van der Waals surface area contributed by atoms with E-state index in [0.29, 0.717) is 5.95 Å². The number of aromatic nitrogens is 3. The van der Waals surface area contributed by atoms with Crippen molar-refractivity contribution in [1.82, 2.24) is 19.4 Å². The summed E-state index contributed by atoms with van der Waals surface area (Å²) in [6.45, 7) is 6.27. The molecule has 1 aromatic carbocycles. The number of ether oxygens (including phenoxy) is 1. The predicted molar refractivity (Wildman–Crippen MR) is 117 cm³/mol. The van der Waals surface area contributed by atoms with Crippen LogP contribution in [0.25, 0.3) is 11.4 Å². The van der Waals surface area contributed by atoms with E-state index in [1.807, 2.05) is 19.2 Å². The molecule has 0 bridgehead atoms. The van der Waals surface area contributed by atoms with Gasteiger partial charge in [0.15, 0.2) is 0 Å². The quantitative estimate of drug-likeness (QED) is 0.719. The van der Waals surface area contributed by atoms with Gasteiger partial charge in [-0.15, -0.1) is 0 Å². The Morgan fingerprint density at radius 2 is 1.83 bits per heavy atom. The summed E-state index contributed by atoms with van der Waals surface area (Å²) < 4.78 is 7.72. The SMILES string of the molecule is COc1cc(N2CCN(C)CC2)ccc1Nc1nccc(-c2cc(C)cn2C)n1. The molecule has 0 spiro atoms. The van der Waals surface area contributed by atoms with Crippen LogP contribution in [0.2, 0.25) is 0 Å². The van der Waals surface area contributed by atoms with E-state index in [4.69, 9.17) is 9.72 Å². The average molecular weight is 393 g/mol. The highest BCUT2D eigenvalue weighted by Crippen LogP contribution is 2.32. The van der Waals surface area contributed by atoms with Crippen LogP contribution in [0.5, 0.6) is 5.75 Å². The number of methoxy groups -OCH3 is 1. The van der Waals surface area contributed by atoms with Crippen molar-refractivity contribution in [3.63, 3.8) is 0 Å². The van der Waals surface area contributed by atoms with Crippen LogP contribution in [0, 0.1) is 6.92 Å². The van der Waals surface area contributed by atoms with Crippen molar-refractivity contribution in [1.29, 1.82) is 0 Å². The molecule has 152 valence electrons. The van der Waals surface area contributed by atoms with E-state index < -0.39 is 0 Å². The molecule has 0 saturated carbocycles. The van der Waals surface area contributed by atoms with Gasteiger partial charge in [0, 0.05) is 57.4 Å². The lowest BCUT2D eigenvalue weighted by molar-refractivity contribution is 0.312. The minimum Gasteiger partial charge on any atom is -0.494 e. The molecule has 29 heavy (non-hydrogen) atoms. The highest BCUT2D eigenvalue weighted by molar-refractivity contribution is 5.69. The molecule has 2 aromatic heterocycles. The van der Waals surface area contributed by atoms with Gasteiger partial charge in [-0.05, 0) is 43.8 Å². The van der Waals surface area contributed by atoms with Crippen LogP contribution >= 0.6 is 0 Å². The number of anilines is 3. The summed E-state index contributed by atoms with van der Waals surface area (Å²) >= 11 is 0. The Balaban J connectivity index is 1.56. The number of rotatable bonds is 5. The van der Waals surface area contributed by atoms with Gasteiger partial charge in [-0.1, -0.05) is 0 Å². The fourth-order valence-electron chi connectivity index (χ4n) is 3.71. The molecule has 0 radical (unpaired) electrons.